The van der Waals surface area contributed by atoms with Gasteiger partial charge in [0, 0.05) is 30.1 Å². The zero-order valence-electron chi connectivity index (χ0n) is 32.6. The van der Waals surface area contributed by atoms with Crippen molar-refractivity contribution < 1.29 is 48.4 Å². The molecule has 8 saturated carbocycles. The molecular weight excluding hydrogens is 688 g/mol. The van der Waals surface area contributed by atoms with Gasteiger partial charge in [0.2, 0.25) is 0 Å². The van der Waals surface area contributed by atoms with Gasteiger partial charge >= 0.3 is 0 Å². The van der Waals surface area contributed by atoms with Gasteiger partial charge in [-0.25, -0.2) is 4.89 Å². The molecule has 5 atom stereocenters. The molecule has 1 aliphatic heterocycles. The Kier molecular flexibility index (Phi) is 10.8. The molecule has 2 aromatic carbocycles. The highest BCUT2D eigenvalue weighted by molar-refractivity contribution is 5.66. The molecule has 9 aliphatic rings. The fourth-order valence-corrected chi connectivity index (χ4v) is 12.6. The molecule has 1 heterocycles. The lowest BCUT2D eigenvalue weighted by molar-refractivity contribution is -0.647. The van der Waals surface area contributed by atoms with Crippen molar-refractivity contribution in [2.75, 3.05) is 53.9 Å². The molecule has 1 saturated heterocycles. The van der Waals surface area contributed by atoms with Crippen LogP contribution in [0.2, 0.25) is 0 Å². The van der Waals surface area contributed by atoms with Crippen molar-refractivity contribution in [2.24, 2.45) is 35.5 Å². The smallest absolute Gasteiger partial charge is 0.260 e. The van der Waals surface area contributed by atoms with Gasteiger partial charge < -0.3 is 38.6 Å². The van der Waals surface area contributed by atoms with Crippen LogP contribution >= 0.6 is 0 Å². The van der Waals surface area contributed by atoms with Crippen LogP contribution in [-0.2, 0) is 34.5 Å². The Morgan fingerprint density at radius 2 is 1.28 bits per heavy atom. The van der Waals surface area contributed by atoms with Crippen molar-refractivity contribution in [3.8, 4) is 11.5 Å². The Hall–Kier alpha value is -2.70. The number of rotatable bonds is 14. The second kappa shape index (κ2) is 15.3. The lowest BCUT2D eigenvalue weighted by Gasteiger charge is -2.70. The zero-order valence-corrected chi connectivity index (χ0v) is 32.6. The van der Waals surface area contributed by atoms with E-state index >= 15 is 0 Å². The summed E-state index contributed by atoms with van der Waals surface area (Å²) in [4.78, 5) is 11.9. The van der Waals surface area contributed by atoms with Crippen LogP contribution in [-0.4, -0.2) is 80.9 Å². The third kappa shape index (κ3) is 6.38. The highest BCUT2D eigenvalue weighted by Gasteiger charge is 2.78. The first-order valence-electron chi connectivity index (χ1n) is 20.5. The minimum Gasteiger partial charge on any atom is -0.496 e. The normalized spacial score (nSPS) is 37.9. The van der Waals surface area contributed by atoms with Crippen LogP contribution < -0.4 is 9.47 Å². The van der Waals surface area contributed by atoms with Gasteiger partial charge in [-0.05, 0) is 132 Å². The summed E-state index contributed by atoms with van der Waals surface area (Å²) in [6.45, 7) is 6.31. The first-order chi connectivity index (χ1) is 26.3. The molecule has 54 heavy (non-hydrogen) atoms. The van der Waals surface area contributed by atoms with Crippen molar-refractivity contribution in [3.05, 3.63) is 65.2 Å². The van der Waals surface area contributed by atoms with Crippen LogP contribution in [0.25, 0.3) is 5.76 Å². The summed E-state index contributed by atoms with van der Waals surface area (Å²) in [7, 11) is 3.50. The van der Waals surface area contributed by atoms with Gasteiger partial charge in [-0.2, -0.15) is 4.89 Å². The monoisotopic (exact) mass is 748 g/mol. The lowest BCUT2D eigenvalue weighted by atomic mass is 9.45. The van der Waals surface area contributed by atoms with Crippen LogP contribution in [0.1, 0.15) is 89.2 Å². The first-order valence-corrected chi connectivity index (χ1v) is 20.5. The lowest BCUT2D eigenvalue weighted by Crippen LogP contribution is -2.78. The van der Waals surface area contributed by atoms with Crippen LogP contribution in [0.4, 0.5) is 0 Å². The maximum atomic E-state index is 9.27. The number of aliphatic hydroxyl groups is 2. The maximum absolute atomic E-state index is 9.27. The number of allylic oxidation sites excluding steroid dienone is 1. The molecule has 0 radical (unpaired) electrons. The summed E-state index contributed by atoms with van der Waals surface area (Å²) in [5.74, 6) is 4.91. The predicted octanol–water partition coefficient (Wildman–Crippen LogP) is 7.20. The molecule has 0 aromatic heterocycles. The maximum Gasteiger partial charge on any atom is 0.260 e. The van der Waals surface area contributed by atoms with Gasteiger partial charge in [-0.1, -0.05) is 24.3 Å². The molecular formula is C44H60O10. The van der Waals surface area contributed by atoms with E-state index in [1.54, 1.807) is 14.2 Å². The average molecular weight is 749 g/mol. The number of hydrogen-bond acceptors (Lipinski definition) is 10. The fourth-order valence-electron chi connectivity index (χ4n) is 12.6. The molecule has 9 fully saturated rings. The Morgan fingerprint density at radius 3 is 1.81 bits per heavy atom. The molecule has 5 unspecified atom stereocenters. The highest BCUT2D eigenvalue weighted by Crippen LogP contribution is 2.71. The van der Waals surface area contributed by atoms with Gasteiger partial charge in [-0.3, -0.25) is 0 Å². The summed E-state index contributed by atoms with van der Waals surface area (Å²) >= 11 is 0. The Morgan fingerprint density at radius 1 is 0.704 bits per heavy atom. The van der Waals surface area contributed by atoms with Gasteiger partial charge in [0.05, 0.1) is 58.0 Å². The van der Waals surface area contributed by atoms with Crippen molar-refractivity contribution in [1.29, 1.82) is 0 Å². The molecule has 2 N–H and O–H groups in total. The Balaban J connectivity index is 0.000000154. The second-order valence-electron chi connectivity index (χ2n) is 16.9. The van der Waals surface area contributed by atoms with E-state index in [9.17, 15) is 10.2 Å². The molecule has 10 nitrogen and oxygen atoms in total. The molecule has 1 spiro atoms. The minimum absolute atomic E-state index is 0.0191. The van der Waals surface area contributed by atoms with Crippen molar-refractivity contribution in [2.45, 2.75) is 101 Å². The third-order valence-corrected chi connectivity index (χ3v) is 13.9. The van der Waals surface area contributed by atoms with Crippen molar-refractivity contribution >= 4 is 5.76 Å². The number of benzene rings is 2. The number of hydrogen-bond donors (Lipinski definition) is 2. The summed E-state index contributed by atoms with van der Waals surface area (Å²) in [6.07, 6.45) is 11.0. The molecule has 2 aromatic rings. The zero-order chi connectivity index (χ0) is 37.6. The van der Waals surface area contributed by atoms with Gasteiger partial charge in [0.15, 0.2) is 5.60 Å². The largest absolute Gasteiger partial charge is 0.496 e. The number of ether oxygens (including phenoxy) is 6. The second-order valence-corrected chi connectivity index (χ2v) is 16.9. The van der Waals surface area contributed by atoms with E-state index in [2.05, 4.69) is 12.1 Å². The summed E-state index contributed by atoms with van der Waals surface area (Å²) < 4.78 is 35.8. The van der Waals surface area contributed by atoms with E-state index in [1.807, 2.05) is 50.2 Å². The SMILES string of the molecule is CCOc1cccc(C(OC)=C2C3CC4CC2CC(OCCO)(C4)C3)c1.CCOc1cccc(C2(OC)OOC23C2CC4CC3CC(OCCO)(C4)C2)c1. The third-order valence-electron chi connectivity index (χ3n) is 13.9. The summed E-state index contributed by atoms with van der Waals surface area (Å²) in [6, 6.07) is 16.3. The van der Waals surface area contributed by atoms with Crippen LogP contribution in [0.3, 0.4) is 0 Å². The number of methoxy groups -OCH3 is 2. The summed E-state index contributed by atoms with van der Waals surface area (Å²) in [5.41, 5.74) is 2.91. The highest BCUT2D eigenvalue weighted by atomic mass is 17.3. The average Bonchev–Trinajstić information content (AvgIpc) is 3.15. The molecule has 11 rings (SSSR count). The van der Waals surface area contributed by atoms with Gasteiger partial charge in [0.1, 0.15) is 17.3 Å². The van der Waals surface area contributed by atoms with E-state index in [1.165, 1.54) is 18.4 Å². The van der Waals surface area contributed by atoms with Crippen LogP contribution in [0.15, 0.2) is 54.1 Å². The molecule has 296 valence electrons. The van der Waals surface area contributed by atoms with Gasteiger partial charge in [-0.15, -0.1) is 0 Å². The van der Waals surface area contributed by atoms with E-state index in [4.69, 9.17) is 38.2 Å². The van der Waals surface area contributed by atoms with Crippen LogP contribution in [0, 0.1) is 35.5 Å². The van der Waals surface area contributed by atoms with E-state index in [-0.39, 0.29) is 24.4 Å². The van der Waals surface area contributed by atoms with E-state index in [0.29, 0.717) is 56.0 Å². The molecule has 0 amide bonds. The van der Waals surface area contributed by atoms with E-state index in [0.717, 1.165) is 85.7 Å². The van der Waals surface area contributed by atoms with E-state index < -0.39 is 11.4 Å². The topological polar surface area (TPSA) is 114 Å². The van der Waals surface area contributed by atoms with Crippen LogP contribution in [0.5, 0.6) is 11.5 Å². The number of aliphatic hydroxyl groups excluding tert-OH is 2. The molecule has 8 aliphatic carbocycles. The molecule has 10 heteroatoms. The molecule has 8 bridgehead atoms. The minimum atomic E-state index is -0.916. The standard InChI is InChI=1S/C22H30O6.C22H30O4/c1-3-25-19-6-4-5-16(11-19)22(24-2)21(27-28-22)17-9-15-10-18(21)14-20(12-15,13-17)26-8-7-23;1-3-25-19-6-4-5-16(11-19)21(24-2)20-17-9-15-10-18(20)14-22(12-15,13-17)26-8-7-23/h4-6,11,15,17-18,23H,3,7-10,12-14H2,1-2H3;4-6,11,15,17-18,23H,3,7-10,12-14H2,1-2H3. The van der Waals surface area contributed by atoms with Gasteiger partial charge in [0.25, 0.3) is 5.79 Å². The quantitative estimate of drug-likeness (QED) is 0.152. The van der Waals surface area contributed by atoms with Crippen molar-refractivity contribution in [3.63, 3.8) is 0 Å². The summed E-state index contributed by atoms with van der Waals surface area (Å²) in [5, 5.41) is 18.5. The fraction of sp³-hybridized carbons (Fsp3) is 0.682. The van der Waals surface area contributed by atoms with Crippen molar-refractivity contribution in [1.82, 2.24) is 0 Å². The Bertz CT molecular complexity index is 1620. The first kappa shape index (κ1) is 38.2. The predicted molar refractivity (Wildman–Crippen MR) is 201 cm³/mol. The Labute approximate surface area is 320 Å².